The third-order valence-electron chi connectivity index (χ3n) is 3.97. The standard InChI is InChI=1S/C16H16ClNO2/c1-9-6-10(17)7-13-12(8-15(19)20)11-4-2-3-5-14(11)18-16(9)13/h6-7H,2-5,8H2,1H3,(H,19,20). The number of carbonyl (C=O) groups is 1. The lowest BCUT2D eigenvalue weighted by Gasteiger charge is -2.21. The van der Waals surface area contributed by atoms with E-state index in [9.17, 15) is 9.90 Å². The number of rotatable bonds is 2. The van der Waals surface area contributed by atoms with Crippen LogP contribution in [0.3, 0.4) is 0 Å². The minimum absolute atomic E-state index is 0.0428. The predicted octanol–water partition coefficient (Wildman–Crippen LogP) is 3.70. The molecule has 3 rings (SSSR count). The zero-order valence-corrected chi connectivity index (χ0v) is 12.1. The van der Waals surface area contributed by atoms with E-state index in [4.69, 9.17) is 16.6 Å². The van der Waals surface area contributed by atoms with Gasteiger partial charge in [0.25, 0.3) is 0 Å². The maximum absolute atomic E-state index is 11.2. The lowest BCUT2D eigenvalue weighted by atomic mass is 9.88. The summed E-state index contributed by atoms with van der Waals surface area (Å²) < 4.78 is 0. The van der Waals surface area contributed by atoms with Crippen molar-refractivity contribution in [1.29, 1.82) is 0 Å². The van der Waals surface area contributed by atoms with Crippen LogP contribution in [0.25, 0.3) is 10.9 Å². The highest BCUT2D eigenvalue weighted by Gasteiger charge is 2.20. The second kappa shape index (κ2) is 5.06. The molecular weight excluding hydrogens is 274 g/mol. The second-order valence-corrected chi connectivity index (χ2v) is 5.85. The fourth-order valence-electron chi connectivity index (χ4n) is 3.10. The summed E-state index contributed by atoms with van der Waals surface area (Å²) in [6.45, 7) is 1.97. The molecule has 1 aliphatic carbocycles. The van der Waals surface area contributed by atoms with E-state index in [1.165, 1.54) is 0 Å². The van der Waals surface area contributed by atoms with Gasteiger partial charge in [0, 0.05) is 16.1 Å². The molecule has 1 aliphatic rings. The monoisotopic (exact) mass is 289 g/mol. The Morgan fingerprint density at radius 1 is 1.35 bits per heavy atom. The maximum Gasteiger partial charge on any atom is 0.307 e. The number of aromatic nitrogens is 1. The summed E-state index contributed by atoms with van der Waals surface area (Å²) in [6, 6.07) is 3.74. The zero-order chi connectivity index (χ0) is 14.3. The molecule has 0 amide bonds. The Labute approximate surface area is 122 Å². The smallest absolute Gasteiger partial charge is 0.307 e. The summed E-state index contributed by atoms with van der Waals surface area (Å²) in [5.74, 6) is -0.803. The number of nitrogens with zero attached hydrogens (tertiary/aromatic N) is 1. The SMILES string of the molecule is Cc1cc(Cl)cc2c(CC(=O)O)c3c(nc12)CCCC3. The van der Waals surface area contributed by atoms with Crippen molar-refractivity contribution in [3.8, 4) is 0 Å². The number of hydrogen-bond donors (Lipinski definition) is 1. The lowest BCUT2D eigenvalue weighted by molar-refractivity contribution is -0.136. The van der Waals surface area contributed by atoms with Crippen LogP contribution < -0.4 is 0 Å². The summed E-state index contributed by atoms with van der Waals surface area (Å²) in [5.41, 5.74) is 5.01. The van der Waals surface area contributed by atoms with Gasteiger partial charge in [0.1, 0.15) is 0 Å². The molecule has 2 aromatic rings. The molecule has 1 aromatic heterocycles. The Hall–Kier alpha value is -1.61. The Morgan fingerprint density at radius 3 is 2.85 bits per heavy atom. The van der Waals surface area contributed by atoms with Crippen LogP contribution in [0.4, 0.5) is 0 Å². The van der Waals surface area contributed by atoms with E-state index in [1.807, 2.05) is 19.1 Å². The number of fused-ring (bicyclic) bond motifs is 2. The van der Waals surface area contributed by atoms with Gasteiger partial charge in [-0.3, -0.25) is 9.78 Å². The molecule has 1 heterocycles. The number of carboxylic acid groups (broad SMARTS) is 1. The molecule has 0 aliphatic heterocycles. The van der Waals surface area contributed by atoms with Crippen LogP contribution in [0.1, 0.15) is 35.2 Å². The maximum atomic E-state index is 11.2. The van der Waals surface area contributed by atoms with E-state index in [0.717, 1.165) is 59.0 Å². The highest BCUT2D eigenvalue weighted by Crippen LogP contribution is 2.32. The number of halogens is 1. The molecule has 3 nitrogen and oxygen atoms in total. The van der Waals surface area contributed by atoms with Gasteiger partial charge in [-0.25, -0.2) is 0 Å². The van der Waals surface area contributed by atoms with Crippen molar-refractivity contribution >= 4 is 28.5 Å². The van der Waals surface area contributed by atoms with Crippen molar-refractivity contribution in [2.24, 2.45) is 0 Å². The first-order chi connectivity index (χ1) is 9.56. The van der Waals surface area contributed by atoms with Crippen molar-refractivity contribution in [2.75, 3.05) is 0 Å². The van der Waals surface area contributed by atoms with Crippen LogP contribution in [0.2, 0.25) is 5.02 Å². The van der Waals surface area contributed by atoms with Gasteiger partial charge in [-0.05, 0) is 61.4 Å². The molecule has 20 heavy (non-hydrogen) atoms. The average molecular weight is 290 g/mol. The van der Waals surface area contributed by atoms with Crippen LogP contribution >= 0.6 is 11.6 Å². The van der Waals surface area contributed by atoms with Crippen LogP contribution in [-0.2, 0) is 24.1 Å². The summed E-state index contributed by atoms with van der Waals surface area (Å²) in [5, 5.41) is 10.8. The van der Waals surface area contributed by atoms with Gasteiger partial charge in [-0.2, -0.15) is 0 Å². The van der Waals surface area contributed by atoms with Gasteiger partial charge >= 0.3 is 5.97 Å². The zero-order valence-electron chi connectivity index (χ0n) is 11.4. The lowest BCUT2D eigenvalue weighted by Crippen LogP contribution is -2.13. The summed E-state index contributed by atoms with van der Waals surface area (Å²) in [6.07, 6.45) is 4.14. The minimum Gasteiger partial charge on any atom is -0.481 e. The van der Waals surface area contributed by atoms with Gasteiger partial charge in [-0.1, -0.05) is 11.6 Å². The normalized spacial score (nSPS) is 14.3. The number of benzene rings is 1. The molecule has 1 aromatic carbocycles. The molecule has 0 saturated carbocycles. The van der Waals surface area contributed by atoms with E-state index >= 15 is 0 Å². The number of hydrogen-bond acceptors (Lipinski definition) is 2. The van der Waals surface area contributed by atoms with E-state index in [2.05, 4.69) is 0 Å². The number of pyridine rings is 1. The summed E-state index contributed by atoms with van der Waals surface area (Å²) in [7, 11) is 0. The highest BCUT2D eigenvalue weighted by atomic mass is 35.5. The second-order valence-electron chi connectivity index (χ2n) is 5.41. The van der Waals surface area contributed by atoms with Gasteiger partial charge < -0.3 is 5.11 Å². The first-order valence-electron chi connectivity index (χ1n) is 6.88. The fraction of sp³-hybridized carbons (Fsp3) is 0.375. The molecular formula is C16H16ClNO2. The molecule has 0 saturated heterocycles. The van der Waals surface area contributed by atoms with Crippen LogP contribution in [0.15, 0.2) is 12.1 Å². The van der Waals surface area contributed by atoms with Crippen molar-refractivity contribution in [3.63, 3.8) is 0 Å². The molecule has 104 valence electrons. The molecule has 0 unspecified atom stereocenters. The Balaban J connectivity index is 2.36. The molecule has 0 radical (unpaired) electrons. The largest absolute Gasteiger partial charge is 0.481 e. The van der Waals surface area contributed by atoms with Gasteiger partial charge in [-0.15, -0.1) is 0 Å². The van der Waals surface area contributed by atoms with E-state index in [-0.39, 0.29) is 6.42 Å². The summed E-state index contributed by atoms with van der Waals surface area (Å²) in [4.78, 5) is 16.0. The van der Waals surface area contributed by atoms with Crippen molar-refractivity contribution in [3.05, 3.63) is 39.5 Å². The molecule has 1 N–H and O–H groups in total. The third-order valence-corrected chi connectivity index (χ3v) is 4.19. The van der Waals surface area contributed by atoms with Crippen molar-refractivity contribution in [2.45, 2.75) is 39.0 Å². The van der Waals surface area contributed by atoms with Crippen LogP contribution in [0, 0.1) is 6.92 Å². The van der Waals surface area contributed by atoms with E-state index in [0.29, 0.717) is 5.02 Å². The molecule has 0 fully saturated rings. The van der Waals surface area contributed by atoms with E-state index in [1.54, 1.807) is 0 Å². The van der Waals surface area contributed by atoms with Gasteiger partial charge in [0.05, 0.1) is 11.9 Å². The number of aliphatic carboxylic acids is 1. The fourth-order valence-corrected chi connectivity index (χ4v) is 3.38. The number of aryl methyl sites for hydroxylation is 2. The Bertz CT molecular complexity index is 709. The van der Waals surface area contributed by atoms with E-state index < -0.39 is 5.97 Å². The van der Waals surface area contributed by atoms with Crippen molar-refractivity contribution < 1.29 is 9.90 Å². The molecule has 0 bridgehead atoms. The molecule has 4 heteroatoms. The summed E-state index contributed by atoms with van der Waals surface area (Å²) >= 11 is 6.14. The molecule has 0 atom stereocenters. The van der Waals surface area contributed by atoms with Crippen molar-refractivity contribution in [1.82, 2.24) is 4.98 Å². The topological polar surface area (TPSA) is 50.2 Å². The predicted molar refractivity (Wildman–Crippen MR) is 79.5 cm³/mol. The highest BCUT2D eigenvalue weighted by molar-refractivity contribution is 6.31. The van der Waals surface area contributed by atoms with Crippen LogP contribution in [-0.4, -0.2) is 16.1 Å². The first-order valence-corrected chi connectivity index (χ1v) is 7.26. The van der Waals surface area contributed by atoms with Gasteiger partial charge in [0.15, 0.2) is 0 Å². The first kappa shape index (κ1) is 13.4. The van der Waals surface area contributed by atoms with Crippen LogP contribution in [0.5, 0.6) is 0 Å². The Morgan fingerprint density at radius 2 is 2.10 bits per heavy atom. The molecule has 0 spiro atoms. The number of carboxylic acids is 1. The quantitative estimate of drug-likeness (QED) is 0.917. The van der Waals surface area contributed by atoms with Gasteiger partial charge in [0.2, 0.25) is 0 Å². The average Bonchev–Trinajstić information content (AvgIpc) is 2.39. The Kier molecular flexibility index (Phi) is 3.38. The third kappa shape index (κ3) is 2.27. The minimum atomic E-state index is -0.803.